The molecule has 2 N–H and O–H groups in total. The van der Waals surface area contributed by atoms with Crippen molar-refractivity contribution in [2.24, 2.45) is 11.1 Å². The van der Waals surface area contributed by atoms with Gasteiger partial charge in [-0.3, -0.25) is 9.59 Å². The van der Waals surface area contributed by atoms with Gasteiger partial charge in [-0.1, -0.05) is 0 Å². The van der Waals surface area contributed by atoms with E-state index in [0.29, 0.717) is 6.54 Å². The van der Waals surface area contributed by atoms with E-state index in [4.69, 9.17) is 5.73 Å². The molecule has 0 heterocycles. The Morgan fingerprint density at radius 1 is 1.50 bits per heavy atom. The van der Waals surface area contributed by atoms with Crippen LogP contribution in [-0.2, 0) is 14.3 Å². The largest absolute Gasteiger partial charge is 0.469 e. The fraction of sp³-hybridized carbons (Fsp3) is 0.818. The summed E-state index contributed by atoms with van der Waals surface area (Å²) < 4.78 is 4.61. The van der Waals surface area contributed by atoms with Gasteiger partial charge >= 0.3 is 5.97 Å². The van der Waals surface area contributed by atoms with Gasteiger partial charge in [-0.05, 0) is 19.8 Å². The van der Waals surface area contributed by atoms with Crippen molar-refractivity contribution in [3.63, 3.8) is 0 Å². The Hall–Kier alpha value is -1.10. The lowest BCUT2D eigenvalue weighted by molar-refractivity contribution is -0.148. The second kappa shape index (κ2) is 4.82. The zero-order chi connectivity index (χ0) is 12.3. The molecule has 1 aliphatic carbocycles. The van der Waals surface area contributed by atoms with Crippen molar-refractivity contribution in [2.75, 3.05) is 20.7 Å². The Morgan fingerprint density at radius 3 is 2.44 bits per heavy atom. The summed E-state index contributed by atoms with van der Waals surface area (Å²) in [4.78, 5) is 25.0. The monoisotopic (exact) mass is 228 g/mol. The highest BCUT2D eigenvalue weighted by molar-refractivity contribution is 5.89. The smallest absolute Gasteiger partial charge is 0.306 e. The Bertz CT molecular complexity index is 287. The van der Waals surface area contributed by atoms with Crippen LogP contribution in [0.25, 0.3) is 0 Å². The summed E-state index contributed by atoms with van der Waals surface area (Å²) >= 11 is 0. The highest BCUT2D eigenvalue weighted by Crippen LogP contribution is 2.50. The first-order chi connectivity index (χ1) is 7.46. The van der Waals surface area contributed by atoms with Crippen LogP contribution < -0.4 is 5.73 Å². The minimum atomic E-state index is -0.509. The third-order valence-electron chi connectivity index (χ3n) is 3.34. The van der Waals surface area contributed by atoms with Gasteiger partial charge in [0, 0.05) is 19.6 Å². The number of likely N-dealkylation sites (N-methyl/N-ethyl adjacent to an activating group) is 1. The summed E-state index contributed by atoms with van der Waals surface area (Å²) in [6.07, 6.45) is 1.72. The van der Waals surface area contributed by atoms with Crippen molar-refractivity contribution in [1.29, 1.82) is 0 Å². The number of amides is 1. The highest BCUT2D eigenvalue weighted by Gasteiger charge is 2.53. The minimum absolute atomic E-state index is 0.00243. The number of ether oxygens (including phenoxy) is 1. The molecule has 0 radical (unpaired) electrons. The summed E-state index contributed by atoms with van der Waals surface area (Å²) in [6, 6.07) is 0.00243. The maximum Gasteiger partial charge on any atom is 0.306 e. The van der Waals surface area contributed by atoms with Crippen LogP contribution in [0.2, 0.25) is 0 Å². The summed E-state index contributed by atoms with van der Waals surface area (Å²) in [7, 11) is 3.08. The first-order valence-electron chi connectivity index (χ1n) is 5.51. The Kier molecular flexibility index (Phi) is 3.91. The summed E-state index contributed by atoms with van der Waals surface area (Å²) in [5.74, 6) is -0.310. The Balaban J connectivity index is 2.62. The van der Waals surface area contributed by atoms with Gasteiger partial charge in [0.15, 0.2) is 0 Å². The van der Waals surface area contributed by atoms with Crippen LogP contribution in [-0.4, -0.2) is 43.5 Å². The molecule has 1 aliphatic rings. The van der Waals surface area contributed by atoms with Crippen molar-refractivity contribution >= 4 is 11.9 Å². The van der Waals surface area contributed by atoms with E-state index >= 15 is 0 Å². The number of hydrogen-bond acceptors (Lipinski definition) is 4. The van der Waals surface area contributed by atoms with E-state index < -0.39 is 5.41 Å². The lowest BCUT2D eigenvalue weighted by Crippen LogP contribution is -2.44. The molecule has 1 amide bonds. The third-order valence-corrected chi connectivity index (χ3v) is 3.34. The van der Waals surface area contributed by atoms with Crippen molar-refractivity contribution in [2.45, 2.75) is 32.2 Å². The van der Waals surface area contributed by atoms with Gasteiger partial charge in [0.1, 0.15) is 0 Å². The van der Waals surface area contributed by atoms with E-state index in [-0.39, 0.29) is 24.3 Å². The fourth-order valence-electron chi connectivity index (χ4n) is 1.70. The van der Waals surface area contributed by atoms with Crippen LogP contribution in [0.1, 0.15) is 26.2 Å². The van der Waals surface area contributed by atoms with E-state index in [9.17, 15) is 9.59 Å². The second-order valence-corrected chi connectivity index (χ2v) is 4.53. The molecule has 0 aromatic heterocycles. The lowest BCUT2D eigenvalue weighted by atomic mass is 10.00. The van der Waals surface area contributed by atoms with E-state index in [2.05, 4.69) is 4.74 Å². The van der Waals surface area contributed by atoms with Crippen LogP contribution in [0.15, 0.2) is 0 Å². The van der Waals surface area contributed by atoms with Crippen LogP contribution in [0.5, 0.6) is 0 Å². The predicted molar refractivity (Wildman–Crippen MR) is 59.6 cm³/mol. The zero-order valence-electron chi connectivity index (χ0n) is 10.2. The van der Waals surface area contributed by atoms with E-state index in [1.54, 1.807) is 11.9 Å². The zero-order valence-corrected chi connectivity index (χ0v) is 10.2. The molecule has 1 fully saturated rings. The number of nitrogens with two attached hydrogens (primary N) is 1. The van der Waals surface area contributed by atoms with Gasteiger partial charge in [-0.2, -0.15) is 0 Å². The molecular formula is C11H20N2O3. The van der Waals surface area contributed by atoms with Gasteiger partial charge < -0.3 is 15.4 Å². The van der Waals surface area contributed by atoms with Gasteiger partial charge in [0.2, 0.25) is 5.91 Å². The molecule has 5 heteroatoms. The van der Waals surface area contributed by atoms with Crippen molar-refractivity contribution < 1.29 is 14.3 Å². The average molecular weight is 228 g/mol. The number of nitrogens with zero attached hydrogens (tertiary/aromatic N) is 1. The second-order valence-electron chi connectivity index (χ2n) is 4.53. The molecule has 1 atom stereocenters. The van der Waals surface area contributed by atoms with Gasteiger partial charge in [0.05, 0.1) is 18.9 Å². The maximum absolute atomic E-state index is 12.1. The molecular weight excluding hydrogens is 208 g/mol. The standard InChI is InChI=1S/C11H20N2O3/c1-8(7-12)13(2)10(15)11(4-5-11)6-9(14)16-3/h8H,4-7,12H2,1-3H3/t8-/m0/s1. The number of methoxy groups -OCH3 is 1. The molecule has 92 valence electrons. The van der Waals surface area contributed by atoms with Gasteiger partial charge in [0.25, 0.3) is 0 Å². The van der Waals surface area contributed by atoms with Crippen molar-refractivity contribution in [3.05, 3.63) is 0 Å². The first-order valence-corrected chi connectivity index (χ1v) is 5.51. The summed E-state index contributed by atoms with van der Waals surface area (Å²) in [5, 5.41) is 0. The molecule has 1 rings (SSSR count). The summed E-state index contributed by atoms with van der Waals surface area (Å²) in [6.45, 7) is 2.32. The van der Waals surface area contributed by atoms with Gasteiger partial charge in [-0.25, -0.2) is 0 Å². The van der Waals surface area contributed by atoms with E-state index in [1.165, 1.54) is 7.11 Å². The SMILES string of the molecule is COC(=O)CC1(C(=O)N(C)[C@@H](C)CN)CC1. The number of esters is 1. The van der Waals surface area contributed by atoms with Crippen LogP contribution in [0.3, 0.4) is 0 Å². The first kappa shape index (κ1) is 13.0. The molecule has 0 unspecified atom stereocenters. The Morgan fingerprint density at radius 2 is 2.06 bits per heavy atom. The Labute approximate surface area is 95.9 Å². The lowest BCUT2D eigenvalue weighted by Gasteiger charge is -2.27. The molecule has 0 bridgehead atoms. The minimum Gasteiger partial charge on any atom is -0.469 e. The topological polar surface area (TPSA) is 72.6 Å². The molecule has 0 aromatic rings. The maximum atomic E-state index is 12.1. The van der Waals surface area contributed by atoms with Crippen molar-refractivity contribution in [3.8, 4) is 0 Å². The number of hydrogen-bond donors (Lipinski definition) is 1. The average Bonchev–Trinajstić information content (AvgIpc) is 3.06. The normalized spacial score (nSPS) is 18.8. The van der Waals surface area contributed by atoms with Crippen LogP contribution in [0, 0.1) is 5.41 Å². The molecule has 0 saturated heterocycles. The van der Waals surface area contributed by atoms with Crippen molar-refractivity contribution in [1.82, 2.24) is 4.90 Å². The molecule has 1 saturated carbocycles. The van der Waals surface area contributed by atoms with E-state index in [0.717, 1.165) is 12.8 Å². The van der Waals surface area contributed by atoms with Crippen LogP contribution in [0.4, 0.5) is 0 Å². The molecule has 5 nitrogen and oxygen atoms in total. The molecule has 16 heavy (non-hydrogen) atoms. The van der Waals surface area contributed by atoms with Gasteiger partial charge in [-0.15, -0.1) is 0 Å². The fourth-order valence-corrected chi connectivity index (χ4v) is 1.70. The molecule has 0 aromatic carbocycles. The molecule has 0 aliphatic heterocycles. The number of carbonyl (C=O) groups excluding carboxylic acids is 2. The number of rotatable bonds is 5. The van der Waals surface area contributed by atoms with E-state index in [1.807, 2.05) is 6.92 Å². The summed E-state index contributed by atoms with van der Waals surface area (Å²) in [5.41, 5.74) is 5.01. The molecule has 0 spiro atoms. The quantitative estimate of drug-likeness (QED) is 0.679. The highest BCUT2D eigenvalue weighted by atomic mass is 16.5. The third kappa shape index (κ3) is 2.52. The predicted octanol–water partition coefficient (Wildman–Crippen LogP) is 0.135. The van der Waals surface area contributed by atoms with Crippen LogP contribution >= 0.6 is 0 Å². The number of carbonyl (C=O) groups is 2.